The Morgan fingerprint density at radius 1 is 1.28 bits per heavy atom. The number of nitrogens with zero attached hydrogens (tertiary/aromatic N) is 2. The summed E-state index contributed by atoms with van der Waals surface area (Å²) >= 11 is 1.62. The first-order valence-corrected chi connectivity index (χ1v) is 9.28. The van der Waals surface area contributed by atoms with Crippen molar-refractivity contribution in [3.8, 4) is 0 Å². The zero-order valence-electron chi connectivity index (χ0n) is 14.2. The van der Waals surface area contributed by atoms with E-state index in [1.807, 2.05) is 66.2 Å². The molecule has 6 heteroatoms. The van der Waals surface area contributed by atoms with Crippen molar-refractivity contribution in [1.82, 2.24) is 14.7 Å². The number of aromatic nitrogens is 2. The van der Waals surface area contributed by atoms with Crippen LogP contribution < -0.4 is 11.1 Å². The monoisotopic (exact) mass is 354 g/mol. The quantitative estimate of drug-likeness (QED) is 0.640. The molecule has 25 heavy (non-hydrogen) atoms. The van der Waals surface area contributed by atoms with E-state index in [4.69, 9.17) is 5.73 Å². The van der Waals surface area contributed by atoms with Crippen LogP contribution in [0.1, 0.15) is 23.0 Å². The van der Waals surface area contributed by atoms with Crippen LogP contribution >= 0.6 is 11.8 Å². The lowest BCUT2D eigenvalue weighted by Crippen LogP contribution is -2.31. The average Bonchev–Trinajstić information content (AvgIpc) is 3.07. The normalized spacial score (nSPS) is 12.2. The molecule has 0 radical (unpaired) electrons. The molecule has 2 heterocycles. The molecule has 0 bridgehead atoms. The van der Waals surface area contributed by atoms with Gasteiger partial charge in [-0.1, -0.05) is 25.1 Å². The van der Waals surface area contributed by atoms with Gasteiger partial charge < -0.3 is 15.5 Å². The third-order valence-electron chi connectivity index (χ3n) is 3.93. The molecular formula is C19H22N4OS. The molecule has 0 aliphatic rings. The van der Waals surface area contributed by atoms with Crippen LogP contribution in [0.5, 0.6) is 0 Å². The second kappa shape index (κ2) is 8.18. The van der Waals surface area contributed by atoms with Gasteiger partial charge in [0.15, 0.2) is 0 Å². The summed E-state index contributed by atoms with van der Waals surface area (Å²) in [5.41, 5.74) is 8.22. The predicted octanol–water partition coefficient (Wildman–Crippen LogP) is 2.95. The van der Waals surface area contributed by atoms with E-state index in [0.29, 0.717) is 24.4 Å². The summed E-state index contributed by atoms with van der Waals surface area (Å²) in [5.74, 6) is 0.922. The first kappa shape index (κ1) is 17.5. The van der Waals surface area contributed by atoms with Gasteiger partial charge in [-0.25, -0.2) is 4.98 Å². The highest BCUT2D eigenvalue weighted by molar-refractivity contribution is 7.98. The van der Waals surface area contributed by atoms with Crippen LogP contribution in [0.3, 0.4) is 0 Å². The molecule has 0 aliphatic carbocycles. The minimum atomic E-state index is -0.0570. The number of amides is 1. The first-order chi connectivity index (χ1) is 12.2. The van der Waals surface area contributed by atoms with Gasteiger partial charge in [0.05, 0.1) is 11.3 Å². The molecule has 1 atom stereocenters. The highest BCUT2D eigenvalue weighted by Gasteiger charge is 2.13. The Bertz CT molecular complexity index is 828. The maximum atomic E-state index is 12.5. The average molecular weight is 354 g/mol. The zero-order valence-corrected chi connectivity index (χ0v) is 15.0. The minimum Gasteiger partial charge on any atom is -0.352 e. The standard InChI is InChI=1S/C19H22N4OS/c1-14(10-20)11-21-19(24)16-6-2-3-7-17(16)25-13-15-12-23-9-5-4-8-18(23)22-15/h2-9,12,14H,10-11,13,20H2,1H3,(H,21,24). The number of thioether (sulfide) groups is 1. The second-order valence-electron chi connectivity index (χ2n) is 6.03. The molecule has 2 aromatic heterocycles. The number of rotatable bonds is 7. The summed E-state index contributed by atoms with van der Waals surface area (Å²) in [6.07, 6.45) is 4.00. The van der Waals surface area contributed by atoms with Gasteiger partial charge in [-0.3, -0.25) is 4.79 Å². The lowest BCUT2D eigenvalue weighted by atomic mass is 10.1. The Hall–Kier alpha value is -2.31. The lowest BCUT2D eigenvalue weighted by molar-refractivity contribution is 0.0945. The predicted molar refractivity (Wildman–Crippen MR) is 102 cm³/mol. The number of pyridine rings is 1. The van der Waals surface area contributed by atoms with Crippen molar-refractivity contribution in [3.05, 3.63) is 66.1 Å². The Labute approximate surface area is 151 Å². The van der Waals surface area contributed by atoms with Crippen molar-refractivity contribution in [2.45, 2.75) is 17.6 Å². The molecule has 0 aliphatic heterocycles. The molecule has 130 valence electrons. The van der Waals surface area contributed by atoms with Crippen LogP contribution in [-0.2, 0) is 5.75 Å². The van der Waals surface area contributed by atoms with Crippen molar-refractivity contribution >= 4 is 23.3 Å². The van der Waals surface area contributed by atoms with E-state index < -0.39 is 0 Å². The van der Waals surface area contributed by atoms with Crippen molar-refractivity contribution in [2.75, 3.05) is 13.1 Å². The summed E-state index contributed by atoms with van der Waals surface area (Å²) in [6.45, 7) is 3.16. The van der Waals surface area contributed by atoms with Crippen molar-refractivity contribution in [3.63, 3.8) is 0 Å². The van der Waals surface area contributed by atoms with E-state index in [2.05, 4.69) is 10.3 Å². The molecule has 5 nitrogen and oxygen atoms in total. The fourth-order valence-corrected chi connectivity index (χ4v) is 3.37. The maximum absolute atomic E-state index is 12.5. The molecule has 1 amide bonds. The topological polar surface area (TPSA) is 72.4 Å². The molecule has 1 unspecified atom stereocenters. The Morgan fingerprint density at radius 3 is 2.88 bits per heavy atom. The van der Waals surface area contributed by atoms with Crippen LogP contribution in [-0.4, -0.2) is 28.4 Å². The van der Waals surface area contributed by atoms with E-state index in [1.54, 1.807) is 11.8 Å². The van der Waals surface area contributed by atoms with Gasteiger partial charge in [-0.2, -0.15) is 0 Å². The highest BCUT2D eigenvalue weighted by Crippen LogP contribution is 2.26. The van der Waals surface area contributed by atoms with E-state index in [1.165, 1.54) is 0 Å². The molecule has 1 aromatic carbocycles. The lowest BCUT2D eigenvalue weighted by Gasteiger charge is -2.12. The third kappa shape index (κ3) is 4.41. The molecule has 3 aromatic rings. The number of carbonyl (C=O) groups excluding carboxylic acids is 1. The number of fused-ring (bicyclic) bond motifs is 1. The smallest absolute Gasteiger partial charge is 0.252 e. The molecule has 0 saturated heterocycles. The molecule has 0 spiro atoms. The molecular weight excluding hydrogens is 332 g/mol. The molecule has 0 saturated carbocycles. The zero-order chi connectivity index (χ0) is 17.6. The summed E-state index contributed by atoms with van der Waals surface area (Å²) in [7, 11) is 0. The van der Waals surface area contributed by atoms with Crippen molar-refractivity contribution < 1.29 is 4.79 Å². The minimum absolute atomic E-state index is 0.0570. The van der Waals surface area contributed by atoms with Crippen LogP contribution in [0.4, 0.5) is 0 Å². The van der Waals surface area contributed by atoms with E-state index in [9.17, 15) is 4.79 Å². The van der Waals surface area contributed by atoms with E-state index >= 15 is 0 Å². The fourth-order valence-electron chi connectivity index (χ4n) is 2.43. The largest absolute Gasteiger partial charge is 0.352 e. The maximum Gasteiger partial charge on any atom is 0.252 e. The Morgan fingerprint density at radius 2 is 2.08 bits per heavy atom. The van der Waals surface area contributed by atoms with Gasteiger partial charge in [0.2, 0.25) is 0 Å². The van der Waals surface area contributed by atoms with Crippen LogP contribution in [0, 0.1) is 5.92 Å². The number of nitrogens with one attached hydrogen (secondary N) is 1. The van der Waals surface area contributed by atoms with Gasteiger partial charge in [0.1, 0.15) is 5.65 Å². The number of hydrogen-bond donors (Lipinski definition) is 2. The second-order valence-corrected chi connectivity index (χ2v) is 7.05. The van der Waals surface area contributed by atoms with E-state index in [-0.39, 0.29) is 11.8 Å². The Balaban J connectivity index is 1.69. The SMILES string of the molecule is CC(CN)CNC(=O)c1ccccc1SCc1cn2ccccc2n1. The van der Waals surface area contributed by atoms with Crippen LogP contribution in [0.15, 0.2) is 59.8 Å². The third-order valence-corrected chi connectivity index (χ3v) is 5.04. The van der Waals surface area contributed by atoms with Gasteiger partial charge >= 0.3 is 0 Å². The van der Waals surface area contributed by atoms with Gasteiger partial charge in [0, 0.05) is 29.6 Å². The van der Waals surface area contributed by atoms with E-state index in [0.717, 1.165) is 16.2 Å². The van der Waals surface area contributed by atoms with Crippen molar-refractivity contribution in [1.29, 1.82) is 0 Å². The summed E-state index contributed by atoms with van der Waals surface area (Å²) in [5, 5.41) is 2.96. The first-order valence-electron chi connectivity index (χ1n) is 8.30. The number of nitrogens with two attached hydrogens (primary N) is 1. The number of hydrogen-bond acceptors (Lipinski definition) is 4. The van der Waals surface area contributed by atoms with Crippen LogP contribution in [0.25, 0.3) is 5.65 Å². The summed E-state index contributed by atoms with van der Waals surface area (Å²) < 4.78 is 2.00. The summed E-state index contributed by atoms with van der Waals surface area (Å²) in [4.78, 5) is 18.0. The van der Waals surface area contributed by atoms with Gasteiger partial charge in [-0.05, 0) is 36.7 Å². The number of imidazole rings is 1. The van der Waals surface area contributed by atoms with Gasteiger partial charge in [-0.15, -0.1) is 11.8 Å². The Kier molecular flexibility index (Phi) is 5.73. The number of carbonyl (C=O) groups is 1. The van der Waals surface area contributed by atoms with Crippen LogP contribution in [0.2, 0.25) is 0 Å². The summed E-state index contributed by atoms with van der Waals surface area (Å²) in [6, 6.07) is 13.6. The molecule has 0 fully saturated rings. The van der Waals surface area contributed by atoms with Crippen molar-refractivity contribution in [2.24, 2.45) is 11.7 Å². The fraction of sp³-hybridized carbons (Fsp3) is 0.263. The molecule has 3 rings (SSSR count). The van der Waals surface area contributed by atoms with Gasteiger partial charge in [0.25, 0.3) is 5.91 Å². The number of benzene rings is 1. The molecule has 3 N–H and O–H groups in total. The highest BCUT2D eigenvalue weighted by atomic mass is 32.2.